The van der Waals surface area contributed by atoms with Gasteiger partial charge in [-0.05, 0) is 67.6 Å². The van der Waals surface area contributed by atoms with Gasteiger partial charge in [-0.1, -0.05) is 12.1 Å². The van der Waals surface area contributed by atoms with Crippen LogP contribution in [-0.4, -0.2) is 43.9 Å². The molecule has 162 valence electrons. The molecule has 2 aromatic carbocycles. The molecule has 8 heteroatoms. The summed E-state index contributed by atoms with van der Waals surface area (Å²) in [5.74, 6) is 0.700. The summed E-state index contributed by atoms with van der Waals surface area (Å²) in [7, 11) is -3.46. The summed E-state index contributed by atoms with van der Waals surface area (Å²) in [6, 6.07) is 17.9. The predicted molar refractivity (Wildman–Crippen MR) is 123 cm³/mol. The summed E-state index contributed by atoms with van der Waals surface area (Å²) in [6.07, 6.45) is 4.38. The van der Waals surface area contributed by atoms with Gasteiger partial charge in [0.15, 0.2) is 9.84 Å². The number of anilines is 1. The monoisotopic (exact) mass is 456 g/mol. The number of nitrogens with zero attached hydrogens (tertiary/aromatic N) is 1. The van der Waals surface area contributed by atoms with E-state index in [-0.39, 0.29) is 6.03 Å². The standard InChI is InChI=1S/C23H24N2O4S2/c1-30-22-7-3-2-5-20(22)24-23(26)25-14-12-19(13-15-25)31(27,28)18-10-8-17(9-11-18)21-6-4-16-29-21/h2-11,16,19H,12-15H2,1H3,(H,24,26). The molecular formula is C23H24N2O4S2. The van der Waals surface area contributed by atoms with Gasteiger partial charge in [0, 0.05) is 23.5 Å². The van der Waals surface area contributed by atoms with Crippen molar-refractivity contribution in [3.8, 4) is 11.3 Å². The van der Waals surface area contributed by atoms with Crippen LogP contribution < -0.4 is 5.32 Å². The van der Waals surface area contributed by atoms with Gasteiger partial charge < -0.3 is 14.6 Å². The van der Waals surface area contributed by atoms with Crippen LogP contribution in [0.5, 0.6) is 0 Å². The van der Waals surface area contributed by atoms with Gasteiger partial charge in [0.1, 0.15) is 5.76 Å². The number of carbonyl (C=O) groups is 1. The first-order valence-electron chi connectivity index (χ1n) is 10.1. The molecular weight excluding hydrogens is 432 g/mol. The van der Waals surface area contributed by atoms with E-state index >= 15 is 0 Å². The van der Waals surface area contributed by atoms with Gasteiger partial charge in [-0.25, -0.2) is 13.2 Å². The lowest BCUT2D eigenvalue weighted by Crippen LogP contribution is -2.44. The van der Waals surface area contributed by atoms with Crippen LogP contribution in [0, 0.1) is 0 Å². The molecule has 3 aromatic rings. The summed E-state index contributed by atoms with van der Waals surface area (Å²) in [5, 5.41) is 2.45. The average Bonchev–Trinajstić information content (AvgIpc) is 3.34. The molecule has 0 bridgehead atoms. The van der Waals surface area contributed by atoms with Crippen LogP contribution in [0.3, 0.4) is 0 Å². The van der Waals surface area contributed by atoms with E-state index in [1.165, 1.54) is 0 Å². The number of sulfone groups is 1. The van der Waals surface area contributed by atoms with Crippen LogP contribution in [0.2, 0.25) is 0 Å². The van der Waals surface area contributed by atoms with E-state index in [0.717, 1.165) is 16.1 Å². The van der Waals surface area contributed by atoms with E-state index in [2.05, 4.69) is 5.32 Å². The molecule has 0 spiro atoms. The van der Waals surface area contributed by atoms with Crippen molar-refractivity contribution in [2.24, 2.45) is 0 Å². The van der Waals surface area contributed by atoms with Crippen molar-refractivity contribution >= 4 is 33.3 Å². The first kappa shape index (κ1) is 21.5. The highest BCUT2D eigenvalue weighted by Crippen LogP contribution is 2.29. The quantitative estimate of drug-likeness (QED) is 0.538. The third kappa shape index (κ3) is 4.65. The highest BCUT2D eigenvalue weighted by molar-refractivity contribution is 7.98. The molecule has 0 saturated carbocycles. The number of urea groups is 1. The van der Waals surface area contributed by atoms with Gasteiger partial charge in [-0.2, -0.15) is 0 Å². The third-order valence-electron chi connectivity index (χ3n) is 5.51. The van der Waals surface area contributed by atoms with E-state index in [1.54, 1.807) is 53.3 Å². The third-order valence-corrected chi connectivity index (χ3v) is 8.58. The topological polar surface area (TPSA) is 79.6 Å². The Morgan fingerprint density at radius 1 is 1.03 bits per heavy atom. The van der Waals surface area contributed by atoms with Crippen molar-refractivity contribution in [1.82, 2.24) is 4.90 Å². The normalized spacial score (nSPS) is 15.1. The SMILES string of the molecule is CSc1ccccc1NC(=O)N1CCC(S(=O)(=O)c2ccc(-c3ccco3)cc2)CC1. The van der Waals surface area contributed by atoms with Crippen molar-refractivity contribution in [3.05, 3.63) is 66.9 Å². The molecule has 4 rings (SSSR count). The molecule has 0 unspecified atom stereocenters. The Hall–Kier alpha value is -2.71. The molecule has 1 aliphatic rings. The van der Waals surface area contributed by atoms with Crippen molar-refractivity contribution < 1.29 is 17.6 Å². The van der Waals surface area contributed by atoms with Crippen LogP contribution in [-0.2, 0) is 9.84 Å². The van der Waals surface area contributed by atoms with E-state index < -0.39 is 15.1 Å². The molecule has 0 aliphatic carbocycles. The maximum absolute atomic E-state index is 13.1. The molecule has 6 nitrogen and oxygen atoms in total. The van der Waals surface area contributed by atoms with Crippen LogP contribution in [0.15, 0.2) is 81.1 Å². The number of hydrogen-bond acceptors (Lipinski definition) is 5. The molecule has 0 radical (unpaired) electrons. The Balaban J connectivity index is 1.39. The van der Waals surface area contributed by atoms with Crippen LogP contribution in [0.4, 0.5) is 10.5 Å². The first-order valence-corrected chi connectivity index (χ1v) is 12.8. The zero-order valence-electron chi connectivity index (χ0n) is 17.2. The molecule has 1 aliphatic heterocycles. The lowest BCUT2D eigenvalue weighted by atomic mass is 10.1. The van der Waals surface area contributed by atoms with Gasteiger partial charge >= 0.3 is 6.03 Å². The highest BCUT2D eigenvalue weighted by atomic mass is 32.2. The fraction of sp³-hybridized carbons (Fsp3) is 0.261. The first-order chi connectivity index (χ1) is 15.0. The summed E-state index contributed by atoms with van der Waals surface area (Å²) in [4.78, 5) is 15.6. The summed E-state index contributed by atoms with van der Waals surface area (Å²) in [5.41, 5.74) is 1.60. The molecule has 1 aromatic heterocycles. The van der Waals surface area contributed by atoms with E-state index in [9.17, 15) is 13.2 Å². The van der Waals surface area contributed by atoms with Crippen LogP contribution in [0.1, 0.15) is 12.8 Å². The molecule has 31 heavy (non-hydrogen) atoms. The average molecular weight is 457 g/mol. The fourth-order valence-corrected chi connectivity index (χ4v) is 6.04. The Morgan fingerprint density at radius 2 is 1.74 bits per heavy atom. The van der Waals surface area contributed by atoms with Crippen LogP contribution in [0.25, 0.3) is 11.3 Å². The smallest absolute Gasteiger partial charge is 0.321 e. The second-order valence-electron chi connectivity index (χ2n) is 7.36. The summed E-state index contributed by atoms with van der Waals surface area (Å²) < 4.78 is 31.5. The van der Waals surface area contributed by atoms with E-state index in [0.29, 0.717) is 36.6 Å². The number of furan rings is 1. The van der Waals surface area contributed by atoms with E-state index in [4.69, 9.17) is 4.42 Å². The number of amides is 2. The van der Waals surface area contributed by atoms with Gasteiger partial charge in [-0.3, -0.25) is 0 Å². The number of thioether (sulfide) groups is 1. The fourth-order valence-electron chi connectivity index (χ4n) is 3.76. The number of nitrogens with one attached hydrogen (secondary N) is 1. The van der Waals surface area contributed by atoms with Gasteiger partial charge in [0.2, 0.25) is 0 Å². The molecule has 1 saturated heterocycles. The highest BCUT2D eigenvalue weighted by Gasteiger charge is 2.33. The number of para-hydroxylation sites is 1. The zero-order valence-corrected chi connectivity index (χ0v) is 18.8. The lowest BCUT2D eigenvalue weighted by Gasteiger charge is -2.32. The molecule has 1 fully saturated rings. The van der Waals surface area contributed by atoms with Gasteiger partial charge in [-0.15, -0.1) is 11.8 Å². The van der Waals surface area contributed by atoms with Crippen molar-refractivity contribution in [2.45, 2.75) is 27.9 Å². The maximum Gasteiger partial charge on any atom is 0.321 e. The van der Waals surface area contributed by atoms with Gasteiger partial charge in [0.25, 0.3) is 0 Å². The number of rotatable bonds is 5. The van der Waals surface area contributed by atoms with Crippen molar-refractivity contribution in [3.63, 3.8) is 0 Å². The molecule has 1 N–H and O–H groups in total. The number of carbonyl (C=O) groups excluding carboxylic acids is 1. The molecule has 2 amide bonds. The zero-order chi connectivity index (χ0) is 21.8. The summed E-state index contributed by atoms with van der Waals surface area (Å²) in [6.45, 7) is 0.809. The van der Waals surface area contributed by atoms with Gasteiger partial charge in [0.05, 0.1) is 22.1 Å². The van der Waals surface area contributed by atoms with Crippen molar-refractivity contribution in [1.29, 1.82) is 0 Å². The number of piperidine rings is 1. The molecule has 0 atom stereocenters. The Morgan fingerprint density at radius 3 is 2.39 bits per heavy atom. The predicted octanol–water partition coefficient (Wildman–Crippen LogP) is 5.14. The minimum absolute atomic E-state index is 0.194. The maximum atomic E-state index is 13.1. The summed E-state index contributed by atoms with van der Waals surface area (Å²) >= 11 is 1.57. The largest absolute Gasteiger partial charge is 0.464 e. The Labute approximate surface area is 186 Å². The van der Waals surface area contributed by atoms with Crippen molar-refractivity contribution in [2.75, 3.05) is 24.7 Å². The number of benzene rings is 2. The second-order valence-corrected chi connectivity index (χ2v) is 10.4. The molecule has 2 heterocycles. The Kier molecular flexibility index (Phi) is 6.38. The number of hydrogen-bond donors (Lipinski definition) is 1. The van der Waals surface area contributed by atoms with E-state index in [1.807, 2.05) is 36.6 Å². The minimum Gasteiger partial charge on any atom is -0.464 e. The van der Waals surface area contributed by atoms with Crippen LogP contribution >= 0.6 is 11.8 Å². The second kappa shape index (κ2) is 9.20. The Bertz CT molecular complexity index is 1130. The minimum atomic E-state index is -3.46. The number of likely N-dealkylation sites (tertiary alicyclic amines) is 1. The lowest BCUT2D eigenvalue weighted by molar-refractivity contribution is 0.200.